The fourth-order valence-corrected chi connectivity index (χ4v) is 3.71. The van der Waals surface area contributed by atoms with Crippen molar-refractivity contribution in [3.8, 4) is 0 Å². The van der Waals surface area contributed by atoms with E-state index in [4.69, 9.17) is 9.47 Å². The molecule has 0 amide bonds. The molecule has 2 saturated heterocycles. The van der Waals surface area contributed by atoms with Crippen LogP contribution in [0.25, 0.3) is 0 Å². The van der Waals surface area contributed by atoms with Crippen molar-refractivity contribution in [3.63, 3.8) is 0 Å². The molecule has 2 heterocycles. The van der Waals surface area contributed by atoms with Crippen LogP contribution in [-0.4, -0.2) is 88.8 Å². The minimum atomic E-state index is 0.957. The summed E-state index contributed by atoms with van der Waals surface area (Å²) in [7, 11) is 4.80. The minimum absolute atomic E-state index is 0.957. The van der Waals surface area contributed by atoms with Crippen LogP contribution in [0.5, 0.6) is 0 Å². The number of nitrogens with zero attached hydrogens (tertiary/aromatic N) is 2. The second kappa shape index (κ2) is 9.21. The summed E-state index contributed by atoms with van der Waals surface area (Å²) in [5, 5.41) is 0. The number of hydrogen-bond donors (Lipinski definition) is 0. The lowest BCUT2D eigenvalue weighted by atomic mass is 10.1. The highest BCUT2D eigenvalue weighted by Crippen LogP contribution is 2.14. The summed E-state index contributed by atoms with van der Waals surface area (Å²) in [6.07, 6.45) is 8.44. The first-order valence-electron chi connectivity index (χ1n) is 9.45. The molecule has 0 aromatic heterocycles. The summed E-state index contributed by atoms with van der Waals surface area (Å²) >= 11 is 0. The van der Waals surface area contributed by atoms with Crippen LogP contribution in [0, 0.1) is 0 Å². The zero-order valence-corrected chi connectivity index (χ0v) is 15.0. The van der Waals surface area contributed by atoms with E-state index < -0.39 is 0 Å². The van der Waals surface area contributed by atoms with Crippen molar-refractivity contribution in [1.29, 1.82) is 0 Å². The van der Waals surface area contributed by atoms with Crippen LogP contribution in [0.4, 0.5) is 0 Å². The van der Waals surface area contributed by atoms with Gasteiger partial charge in [-0.1, -0.05) is 12.8 Å². The molecular weight excluding hydrogens is 276 g/mol. The normalized spacial score (nSPS) is 24.3. The highest BCUT2D eigenvalue weighted by molar-refractivity contribution is 4.51. The number of morpholine rings is 2. The third-order valence-corrected chi connectivity index (χ3v) is 5.75. The van der Waals surface area contributed by atoms with Gasteiger partial charge in [-0.05, 0) is 25.7 Å². The predicted octanol–water partition coefficient (Wildman–Crippen LogP) is 2.28. The molecule has 0 aliphatic carbocycles. The Hall–Kier alpha value is -0.160. The largest absolute Gasteiger partial charge is 0.370 e. The number of unbranched alkanes of at least 4 members (excludes halogenated alkanes) is 5. The first kappa shape index (κ1) is 18.2. The Morgan fingerprint density at radius 2 is 0.864 bits per heavy atom. The highest BCUT2D eigenvalue weighted by atomic mass is 16.5. The average molecular weight is 315 g/mol. The summed E-state index contributed by atoms with van der Waals surface area (Å²) in [6, 6.07) is 0. The second-order valence-corrected chi connectivity index (χ2v) is 7.93. The van der Waals surface area contributed by atoms with Crippen molar-refractivity contribution in [1.82, 2.24) is 0 Å². The van der Waals surface area contributed by atoms with E-state index in [2.05, 4.69) is 14.1 Å². The SMILES string of the molecule is C[N+]1(CCCCCCCC[N+]2(C)CCOCC2)CCOCC1. The molecule has 0 atom stereocenters. The van der Waals surface area contributed by atoms with Crippen LogP contribution < -0.4 is 0 Å². The average Bonchev–Trinajstić information content (AvgIpc) is 2.51. The Balaban J connectivity index is 1.42. The number of quaternary nitrogens is 2. The summed E-state index contributed by atoms with van der Waals surface area (Å²) < 4.78 is 13.4. The van der Waals surface area contributed by atoms with Crippen LogP contribution >= 0.6 is 0 Å². The quantitative estimate of drug-likeness (QED) is 0.480. The molecule has 130 valence electrons. The van der Waals surface area contributed by atoms with Gasteiger partial charge in [0.05, 0.1) is 53.6 Å². The van der Waals surface area contributed by atoms with E-state index in [0.717, 1.165) is 26.4 Å². The van der Waals surface area contributed by atoms with Gasteiger partial charge in [-0.2, -0.15) is 0 Å². The standard InChI is InChI=1S/C18H38N2O2/c1-19(11-15-21-16-12-19)9-7-5-3-4-6-8-10-20(2)13-17-22-18-14-20/h3-18H2,1-2H3/q+2. The van der Waals surface area contributed by atoms with Crippen LogP contribution in [0.1, 0.15) is 38.5 Å². The zero-order valence-electron chi connectivity index (χ0n) is 15.0. The van der Waals surface area contributed by atoms with Gasteiger partial charge >= 0.3 is 0 Å². The van der Waals surface area contributed by atoms with Gasteiger partial charge in [0.25, 0.3) is 0 Å². The van der Waals surface area contributed by atoms with Gasteiger partial charge in [0, 0.05) is 0 Å². The van der Waals surface area contributed by atoms with Crippen molar-refractivity contribution in [2.24, 2.45) is 0 Å². The first-order valence-corrected chi connectivity index (χ1v) is 9.45. The van der Waals surface area contributed by atoms with E-state index in [1.54, 1.807) is 0 Å². The first-order chi connectivity index (χ1) is 10.6. The molecule has 0 unspecified atom stereocenters. The molecule has 4 nitrogen and oxygen atoms in total. The lowest BCUT2D eigenvalue weighted by Gasteiger charge is -2.37. The Morgan fingerprint density at radius 1 is 0.545 bits per heavy atom. The third kappa shape index (κ3) is 6.53. The van der Waals surface area contributed by atoms with E-state index in [0.29, 0.717) is 0 Å². The zero-order chi connectivity index (χ0) is 15.7. The van der Waals surface area contributed by atoms with Crippen LogP contribution in [0.2, 0.25) is 0 Å². The third-order valence-electron chi connectivity index (χ3n) is 5.75. The maximum Gasteiger partial charge on any atom is 0.102 e. The lowest BCUT2D eigenvalue weighted by molar-refractivity contribution is -0.917. The van der Waals surface area contributed by atoms with E-state index in [-0.39, 0.29) is 0 Å². The van der Waals surface area contributed by atoms with Gasteiger partial charge in [0.2, 0.25) is 0 Å². The van der Waals surface area contributed by atoms with Crippen molar-refractivity contribution in [2.45, 2.75) is 38.5 Å². The monoisotopic (exact) mass is 314 g/mol. The molecule has 0 aromatic carbocycles. The number of hydrogen-bond acceptors (Lipinski definition) is 2. The molecule has 0 saturated carbocycles. The lowest BCUT2D eigenvalue weighted by Crippen LogP contribution is -2.52. The molecule has 22 heavy (non-hydrogen) atoms. The maximum atomic E-state index is 5.47. The van der Waals surface area contributed by atoms with Gasteiger partial charge in [0.1, 0.15) is 26.2 Å². The molecule has 0 N–H and O–H groups in total. The molecule has 2 fully saturated rings. The molecule has 4 heteroatoms. The van der Waals surface area contributed by atoms with Gasteiger partial charge in [-0.15, -0.1) is 0 Å². The molecule has 0 aromatic rings. The van der Waals surface area contributed by atoms with E-state index >= 15 is 0 Å². The van der Waals surface area contributed by atoms with Crippen molar-refractivity contribution in [3.05, 3.63) is 0 Å². The molecule has 2 rings (SSSR count). The van der Waals surface area contributed by atoms with Gasteiger partial charge in [-0.3, -0.25) is 0 Å². The number of rotatable bonds is 9. The molecule has 2 aliphatic heterocycles. The Morgan fingerprint density at radius 3 is 1.23 bits per heavy atom. The van der Waals surface area contributed by atoms with Crippen molar-refractivity contribution in [2.75, 3.05) is 79.8 Å². The number of ether oxygens (including phenoxy) is 2. The number of likely N-dealkylation sites (N-methyl/N-ethyl adjacent to an activating group) is 2. The van der Waals surface area contributed by atoms with Gasteiger partial charge < -0.3 is 18.4 Å². The molecule has 0 spiro atoms. The van der Waals surface area contributed by atoms with Crippen LogP contribution in [0.3, 0.4) is 0 Å². The Kier molecular flexibility index (Phi) is 7.61. The maximum absolute atomic E-state index is 5.47. The topological polar surface area (TPSA) is 18.5 Å². The van der Waals surface area contributed by atoms with Crippen molar-refractivity contribution >= 4 is 0 Å². The summed E-state index contributed by atoms with van der Waals surface area (Å²) in [5.41, 5.74) is 0. The smallest absolute Gasteiger partial charge is 0.102 e. The molecule has 2 aliphatic rings. The Bertz CT molecular complexity index is 267. The van der Waals surface area contributed by atoms with E-state index in [1.165, 1.54) is 86.8 Å². The van der Waals surface area contributed by atoms with Gasteiger partial charge in [-0.25, -0.2) is 0 Å². The summed E-state index contributed by atoms with van der Waals surface area (Å²) in [4.78, 5) is 0. The van der Waals surface area contributed by atoms with E-state index in [9.17, 15) is 0 Å². The minimum Gasteiger partial charge on any atom is -0.370 e. The fraction of sp³-hybridized carbons (Fsp3) is 1.00. The molecular formula is C18H38N2O2+2. The summed E-state index contributed by atoms with van der Waals surface area (Å²) in [5.74, 6) is 0. The van der Waals surface area contributed by atoms with Gasteiger partial charge in [0.15, 0.2) is 0 Å². The summed E-state index contributed by atoms with van der Waals surface area (Å²) in [6.45, 7) is 11.4. The highest BCUT2D eigenvalue weighted by Gasteiger charge is 2.25. The van der Waals surface area contributed by atoms with Crippen LogP contribution in [0.15, 0.2) is 0 Å². The molecule has 0 bridgehead atoms. The predicted molar refractivity (Wildman–Crippen MR) is 90.9 cm³/mol. The van der Waals surface area contributed by atoms with Crippen LogP contribution in [-0.2, 0) is 9.47 Å². The Labute approximate surface area is 137 Å². The fourth-order valence-electron chi connectivity index (χ4n) is 3.71. The van der Waals surface area contributed by atoms with Crippen molar-refractivity contribution < 1.29 is 18.4 Å². The second-order valence-electron chi connectivity index (χ2n) is 7.93. The van der Waals surface area contributed by atoms with E-state index in [1.807, 2.05) is 0 Å². The molecule has 0 radical (unpaired) electrons.